The van der Waals surface area contributed by atoms with Crippen molar-refractivity contribution in [3.8, 4) is 0 Å². The average molecular weight is 289 g/mol. The van der Waals surface area contributed by atoms with Crippen LogP contribution in [0.2, 0.25) is 0 Å². The molecule has 0 unspecified atom stereocenters. The minimum Gasteiger partial charge on any atom is -0.369 e. The molecule has 0 saturated carbocycles. The van der Waals surface area contributed by atoms with Crippen LogP contribution in [-0.4, -0.2) is 45.7 Å². The molecule has 1 atom stereocenters. The summed E-state index contributed by atoms with van der Waals surface area (Å²) in [6, 6.07) is 1.80. The number of aromatic nitrogens is 2. The van der Waals surface area contributed by atoms with E-state index in [1.54, 1.807) is 12.3 Å². The number of ether oxygens (including phenoxy) is 1. The fourth-order valence-electron chi connectivity index (χ4n) is 2.85. The van der Waals surface area contributed by atoms with Gasteiger partial charge in [0.25, 0.3) is 11.6 Å². The highest BCUT2D eigenvalue weighted by Crippen LogP contribution is 2.23. The number of nitrogens with zero attached hydrogens (tertiary/aromatic N) is 3. The number of fused-ring (bicyclic) bond motifs is 1. The Morgan fingerprint density at radius 2 is 2.24 bits per heavy atom. The molecule has 112 valence electrons. The summed E-state index contributed by atoms with van der Waals surface area (Å²) in [6.45, 7) is 8.96. The molecule has 6 heteroatoms. The van der Waals surface area contributed by atoms with Crippen molar-refractivity contribution in [3.63, 3.8) is 0 Å². The first kappa shape index (κ1) is 14.0. The highest BCUT2D eigenvalue weighted by Gasteiger charge is 2.34. The summed E-state index contributed by atoms with van der Waals surface area (Å²) in [4.78, 5) is 18.7. The van der Waals surface area contributed by atoms with Crippen molar-refractivity contribution in [3.05, 3.63) is 23.5 Å². The van der Waals surface area contributed by atoms with Gasteiger partial charge in [0, 0.05) is 19.3 Å². The predicted octanol–water partition coefficient (Wildman–Crippen LogP) is 2.17. The van der Waals surface area contributed by atoms with Crippen LogP contribution in [0.25, 0.3) is 11.1 Å². The maximum absolute atomic E-state index is 12.7. The summed E-state index contributed by atoms with van der Waals surface area (Å²) in [5.41, 5.74) is 1.42. The highest BCUT2D eigenvalue weighted by molar-refractivity contribution is 5.97. The van der Waals surface area contributed by atoms with Crippen molar-refractivity contribution in [1.82, 2.24) is 15.0 Å². The summed E-state index contributed by atoms with van der Waals surface area (Å²) in [7, 11) is 0. The number of morpholine rings is 1. The molecule has 0 aliphatic carbocycles. The van der Waals surface area contributed by atoms with Gasteiger partial charge in [0.05, 0.1) is 28.3 Å². The van der Waals surface area contributed by atoms with Crippen molar-refractivity contribution in [1.29, 1.82) is 0 Å². The van der Waals surface area contributed by atoms with Gasteiger partial charge < -0.3 is 14.2 Å². The van der Waals surface area contributed by atoms with E-state index in [0.717, 1.165) is 11.1 Å². The Morgan fingerprint density at radius 1 is 1.48 bits per heavy atom. The summed E-state index contributed by atoms with van der Waals surface area (Å²) in [5.74, 6) is -0.0341. The largest absolute Gasteiger partial charge is 0.369 e. The molecule has 1 amide bonds. The van der Waals surface area contributed by atoms with E-state index in [9.17, 15) is 4.79 Å². The number of aryl methyl sites for hydroxylation is 1. The van der Waals surface area contributed by atoms with E-state index < -0.39 is 0 Å². The van der Waals surface area contributed by atoms with E-state index in [2.05, 4.69) is 10.1 Å². The Balaban J connectivity index is 1.90. The van der Waals surface area contributed by atoms with E-state index >= 15 is 0 Å². The number of carbonyl (C=O) groups excluding carboxylic acids is 1. The maximum Gasteiger partial charge on any atom is 0.257 e. The lowest BCUT2D eigenvalue weighted by Gasteiger charge is -2.41. The lowest BCUT2D eigenvalue weighted by Crippen LogP contribution is -2.53. The van der Waals surface area contributed by atoms with Gasteiger partial charge in [0.2, 0.25) is 0 Å². The van der Waals surface area contributed by atoms with E-state index in [4.69, 9.17) is 9.26 Å². The average Bonchev–Trinajstić information content (AvgIpc) is 2.77. The van der Waals surface area contributed by atoms with Gasteiger partial charge in [-0.15, -0.1) is 0 Å². The molecule has 2 aromatic heterocycles. The van der Waals surface area contributed by atoms with Crippen LogP contribution in [0.4, 0.5) is 0 Å². The third-order valence-electron chi connectivity index (χ3n) is 3.61. The van der Waals surface area contributed by atoms with E-state index in [-0.39, 0.29) is 17.6 Å². The molecular formula is C15H19N3O3. The van der Waals surface area contributed by atoms with E-state index in [1.165, 1.54) is 0 Å². The third kappa shape index (κ3) is 2.63. The topological polar surface area (TPSA) is 68.5 Å². The predicted molar refractivity (Wildman–Crippen MR) is 77.1 cm³/mol. The molecule has 1 fully saturated rings. The lowest BCUT2D eigenvalue weighted by atomic mass is 10.0. The molecule has 0 N–H and O–H groups in total. The summed E-state index contributed by atoms with van der Waals surface area (Å²) in [5, 5.41) is 4.64. The number of pyridine rings is 1. The Hall–Kier alpha value is -1.95. The van der Waals surface area contributed by atoms with Crippen molar-refractivity contribution in [2.75, 3.05) is 13.1 Å². The fraction of sp³-hybridized carbons (Fsp3) is 0.533. The SMILES string of the molecule is Cc1noc2ncc(C(=O)N3C[C@@H](C)OC(C)(C)C3)cc12. The molecular weight excluding hydrogens is 270 g/mol. The van der Waals surface area contributed by atoms with Gasteiger partial charge >= 0.3 is 0 Å². The summed E-state index contributed by atoms with van der Waals surface area (Å²) >= 11 is 0. The van der Waals surface area contributed by atoms with Gasteiger partial charge in [-0.3, -0.25) is 4.79 Å². The summed E-state index contributed by atoms with van der Waals surface area (Å²) < 4.78 is 10.9. The number of rotatable bonds is 1. The molecule has 3 heterocycles. The smallest absolute Gasteiger partial charge is 0.257 e. The first-order valence-corrected chi connectivity index (χ1v) is 7.05. The van der Waals surface area contributed by atoms with Crippen LogP contribution in [-0.2, 0) is 4.74 Å². The quantitative estimate of drug-likeness (QED) is 0.804. The Bertz CT molecular complexity index is 693. The first-order valence-electron chi connectivity index (χ1n) is 7.05. The Labute approximate surface area is 123 Å². The molecule has 0 radical (unpaired) electrons. The van der Waals surface area contributed by atoms with Crippen LogP contribution in [0.1, 0.15) is 36.8 Å². The molecule has 6 nitrogen and oxygen atoms in total. The molecule has 0 spiro atoms. The van der Waals surface area contributed by atoms with E-state index in [1.807, 2.05) is 32.6 Å². The van der Waals surface area contributed by atoms with Gasteiger partial charge in [-0.1, -0.05) is 5.16 Å². The maximum atomic E-state index is 12.7. The lowest BCUT2D eigenvalue weighted by molar-refractivity contribution is -0.118. The van der Waals surface area contributed by atoms with E-state index in [0.29, 0.717) is 24.4 Å². The minimum absolute atomic E-state index is 0.0201. The zero-order valence-corrected chi connectivity index (χ0v) is 12.7. The molecule has 1 aliphatic heterocycles. The number of amides is 1. The second kappa shape index (κ2) is 4.80. The van der Waals surface area contributed by atoms with Crippen LogP contribution in [0, 0.1) is 6.92 Å². The van der Waals surface area contributed by atoms with Crippen LogP contribution in [0.15, 0.2) is 16.8 Å². The van der Waals surface area contributed by atoms with Crippen molar-refractivity contribution < 1.29 is 14.1 Å². The standard InChI is InChI=1S/C15H19N3O3/c1-9-7-18(8-15(3,4)20-9)14(19)11-5-12-10(2)17-21-13(12)16-6-11/h5-6,9H,7-8H2,1-4H3/t9-/m1/s1. The molecule has 3 rings (SSSR count). The Kier molecular flexibility index (Phi) is 3.20. The molecule has 21 heavy (non-hydrogen) atoms. The third-order valence-corrected chi connectivity index (χ3v) is 3.61. The van der Waals surface area contributed by atoms with Gasteiger partial charge in [-0.05, 0) is 33.8 Å². The molecule has 0 aromatic carbocycles. The molecule has 2 aromatic rings. The molecule has 0 bridgehead atoms. The second-order valence-electron chi connectivity index (χ2n) is 6.22. The van der Waals surface area contributed by atoms with Crippen molar-refractivity contribution >= 4 is 17.0 Å². The first-order chi connectivity index (χ1) is 9.85. The monoisotopic (exact) mass is 289 g/mol. The second-order valence-corrected chi connectivity index (χ2v) is 6.22. The minimum atomic E-state index is -0.335. The number of hydrogen-bond donors (Lipinski definition) is 0. The zero-order chi connectivity index (χ0) is 15.2. The van der Waals surface area contributed by atoms with Gasteiger partial charge in [0.1, 0.15) is 0 Å². The molecule has 1 saturated heterocycles. The van der Waals surface area contributed by atoms with Crippen LogP contribution >= 0.6 is 0 Å². The van der Waals surface area contributed by atoms with Crippen molar-refractivity contribution in [2.24, 2.45) is 0 Å². The number of hydrogen-bond acceptors (Lipinski definition) is 5. The normalized spacial score (nSPS) is 21.7. The van der Waals surface area contributed by atoms with Gasteiger partial charge in [0.15, 0.2) is 0 Å². The van der Waals surface area contributed by atoms with Crippen molar-refractivity contribution in [2.45, 2.75) is 39.4 Å². The Morgan fingerprint density at radius 3 is 2.95 bits per heavy atom. The van der Waals surface area contributed by atoms with Gasteiger partial charge in [-0.25, -0.2) is 4.98 Å². The van der Waals surface area contributed by atoms with Crippen LogP contribution < -0.4 is 0 Å². The zero-order valence-electron chi connectivity index (χ0n) is 12.7. The van der Waals surface area contributed by atoms with Crippen LogP contribution in [0.3, 0.4) is 0 Å². The molecule has 1 aliphatic rings. The fourth-order valence-corrected chi connectivity index (χ4v) is 2.85. The van der Waals surface area contributed by atoms with Gasteiger partial charge in [-0.2, -0.15) is 0 Å². The highest BCUT2D eigenvalue weighted by atomic mass is 16.5. The summed E-state index contributed by atoms with van der Waals surface area (Å²) in [6.07, 6.45) is 1.56. The van der Waals surface area contributed by atoms with Crippen LogP contribution in [0.5, 0.6) is 0 Å². The number of carbonyl (C=O) groups is 1.